The van der Waals surface area contributed by atoms with E-state index in [4.69, 9.17) is 7.48 Å². The first-order valence-corrected chi connectivity index (χ1v) is 11.6. The second-order valence-corrected chi connectivity index (χ2v) is 9.33. The largest absolute Gasteiger partial charge is 0.455 e. The van der Waals surface area contributed by atoms with Gasteiger partial charge in [-0.25, -0.2) is 4.57 Å². The van der Waals surface area contributed by atoms with Crippen molar-refractivity contribution >= 4 is 32.6 Å². The highest BCUT2D eigenvalue weighted by Crippen LogP contribution is 2.49. The first kappa shape index (κ1) is 17.4. The maximum atomic E-state index is 8.74. The predicted molar refractivity (Wildman–Crippen MR) is 139 cm³/mol. The molecule has 34 heavy (non-hydrogen) atoms. The number of para-hydroxylation sites is 2. The van der Waals surface area contributed by atoms with Crippen LogP contribution in [0.15, 0.2) is 78.9 Å². The van der Waals surface area contributed by atoms with Gasteiger partial charge in [-0.2, -0.15) is 0 Å². The molecule has 0 aliphatic carbocycles. The molecule has 3 heteroatoms. The van der Waals surface area contributed by atoms with E-state index in [-0.39, 0.29) is 0 Å². The standard InChI is InChI=1S/C31H25N2O/c1-18-15-19(2)31-28(20(18)3)30-29-21(13-14-32(30)4)16-22(17-27(29)34-31)33-25-11-7-5-9-23(25)24-10-6-8-12-26(24)33/h5-17H,1-4H3/q+1/i11D,12D. The molecule has 3 heterocycles. The summed E-state index contributed by atoms with van der Waals surface area (Å²) in [6, 6.07) is 20.9. The van der Waals surface area contributed by atoms with E-state index in [9.17, 15) is 0 Å². The molecule has 0 atom stereocenters. The lowest BCUT2D eigenvalue weighted by molar-refractivity contribution is -0.659. The average molecular weight is 444 g/mol. The third-order valence-corrected chi connectivity index (χ3v) is 7.28. The number of hydrogen-bond acceptors (Lipinski definition) is 1. The van der Waals surface area contributed by atoms with Gasteiger partial charge in [0.2, 0.25) is 5.69 Å². The Balaban J connectivity index is 1.63. The van der Waals surface area contributed by atoms with Crippen LogP contribution in [0.1, 0.15) is 19.4 Å². The van der Waals surface area contributed by atoms with Crippen LogP contribution in [0.25, 0.3) is 49.5 Å². The average Bonchev–Trinajstić information content (AvgIpc) is 3.21. The number of rotatable bonds is 1. The zero-order chi connectivity index (χ0) is 24.9. The van der Waals surface area contributed by atoms with E-state index >= 15 is 0 Å². The summed E-state index contributed by atoms with van der Waals surface area (Å²) < 4.78 is 28.4. The summed E-state index contributed by atoms with van der Waals surface area (Å²) >= 11 is 0. The quantitative estimate of drug-likeness (QED) is 0.241. The summed E-state index contributed by atoms with van der Waals surface area (Å²) in [4.78, 5) is 0. The molecule has 6 aromatic rings. The van der Waals surface area contributed by atoms with Gasteiger partial charge < -0.3 is 9.30 Å². The van der Waals surface area contributed by atoms with E-state index in [1.807, 2.05) is 36.4 Å². The van der Waals surface area contributed by atoms with Crippen LogP contribution in [-0.4, -0.2) is 4.57 Å². The van der Waals surface area contributed by atoms with Gasteiger partial charge in [-0.1, -0.05) is 42.5 Å². The van der Waals surface area contributed by atoms with E-state index in [1.54, 1.807) is 0 Å². The van der Waals surface area contributed by atoms with Crippen LogP contribution in [0.5, 0.6) is 11.5 Å². The normalized spacial score (nSPS) is 13.2. The van der Waals surface area contributed by atoms with Crippen LogP contribution in [0.3, 0.4) is 0 Å². The van der Waals surface area contributed by atoms with Crippen LogP contribution in [0.4, 0.5) is 0 Å². The number of fused-ring (bicyclic) bond motifs is 5. The maximum absolute atomic E-state index is 8.74. The molecule has 0 saturated carbocycles. The van der Waals surface area contributed by atoms with Gasteiger partial charge in [-0.05, 0) is 55.6 Å². The Bertz CT molecular complexity index is 1870. The molecule has 0 unspecified atom stereocenters. The van der Waals surface area contributed by atoms with E-state index in [0.29, 0.717) is 12.1 Å². The maximum Gasteiger partial charge on any atom is 0.228 e. The second-order valence-electron chi connectivity index (χ2n) is 9.33. The Kier molecular flexibility index (Phi) is 3.43. The Morgan fingerprint density at radius 1 is 0.853 bits per heavy atom. The molecule has 1 aliphatic heterocycles. The van der Waals surface area contributed by atoms with Gasteiger partial charge in [0.25, 0.3) is 0 Å². The Morgan fingerprint density at radius 3 is 2.26 bits per heavy atom. The SMILES string of the molecule is [2H]c1cccc2c3cccc([2H])c3n(-c3cc4c5c([n+](C)ccc5c3)-c3c(C)c(C)cc(C)c3O4)c12. The monoisotopic (exact) mass is 443 g/mol. The minimum Gasteiger partial charge on any atom is -0.455 e. The van der Waals surface area contributed by atoms with Crippen molar-refractivity contribution in [2.24, 2.45) is 7.05 Å². The lowest BCUT2D eigenvalue weighted by Crippen LogP contribution is -2.32. The molecule has 1 aliphatic rings. The molecule has 3 nitrogen and oxygen atoms in total. The molecule has 7 rings (SSSR count). The van der Waals surface area contributed by atoms with E-state index in [2.05, 4.69) is 67.4 Å². The van der Waals surface area contributed by atoms with Crippen LogP contribution >= 0.6 is 0 Å². The number of pyridine rings is 1. The fourth-order valence-corrected chi connectivity index (χ4v) is 5.58. The number of hydrogen-bond donors (Lipinski definition) is 0. The fraction of sp³-hybridized carbons (Fsp3) is 0.129. The smallest absolute Gasteiger partial charge is 0.228 e. The second kappa shape index (κ2) is 6.71. The number of ether oxygens (including phenoxy) is 1. The number of aryl methyl sites for hydroxylation is 3. The number of benzene rings is 4. The van der Waals surface area contributed by atoms with Gasteiger partial charge in [0.1, 0.15) is 18.5 Å². The van der Waals surface area contributed by atoms with Crippen LogP contribution in [-0.2, 0) is 7.05 Å². The highest BCUT2D eigenvalue weighted by atomic mass is 16.5. The Morgan fingerprint density at radius 2 is 1.56 bits per heavy atom. The van der Waals surface area contributed by atoms with Crippen molar-refractivity contribution in [3.8, 4) is 28.4 Å². The molecule has 0 radical (unpaired) electrons. The summed E-state index contributed by atoms with van der Waals surface area (Å²) in [5.41, 5.74) is 8.40. The van der Waals surface area contributed by atoms with Gasteiger partial charge in [-0.3, -0.25) is 0 Å². The third-order valence-electron chi connectivity index (χ3n) is 7.28. The minimum atomic E-state index is 0.435. The topological polar surface area (TPSA) is 18.0 Å². The van der Waals surface area contributed by atoms with Crippen LogP contribution in [0, 0.1) is 20.8 Å². The Hall–Kier alpha value is -4.11. The lowest BCUT2D eigenvalue weighted by Gasteiger charge is -2.24. The molecule has 164 valence electrons. The summed E-state index contributed by atoms with van der Waals surface area (Å²) in [7, 11) is 2.09. The van der Waals surface area contributed by atoms with Gasteiger partial charge >= 0.3 is 0 Å². The summed E-state index contributed by atoms with van der Waals surface area (Å²) in [6.07, 6.45) is 2.11. The van der Waals surface area contributed by atoms with E-state index < -0.39 is 0 Å². The molecule has 0 bridgehead atoms. The van der Waals surface area contributed by atoms with Crippen molar-refractivity contribution in [3.05, 3.63) is 95.6 Å². The minimum absolute atomic E-state index is 0.435. The van der Waals surface area contributed by atoms with Crippen LogP contribution < -0.4 is 9.30 Å². The van der Waals surface area contributed by atoms with Gasteiger partial charge in [0, 0.05) is 28.3 Å². The molecule has 0 spiro atoms. The molecule has 0 saturated heterocycles. The van der Waals surface area contributed by atoms with Crippen LogP contribution in [0.2, 0.25) is 0 Å². The molecule has 0 fully saturated rings. The van der Waals surface area contributed by atoms with Crippen molar-refractivity contribution in [3.63, 3.8) is 0 Å². The first-order chi connectivity index (χ1) is 17.3. The number of aromatic nitrogens is 2. The van der Waals surface area contributed by atoms with Crippen molar-refractivity contribution in [2.75, 3.05) is 0 Å². The fourth-order valence-electron chi connectivity index (χ4n) is 5.58. The van der Waals surface area contributed by atoms with E-state index in [0.717, 1.165) is 66.6 Å². The molecule has 0 amide bonds. The van der Waals surface area contributed by atoms with Crippen molar-refractivity contribution < 1.29 is 12.0 Å². The molecule has 4 aromatic carbocycles. The molecule has 0 N–H and O–H groups in total. The van der Waals surface area contributed by atoms with E-state index in [1.165, 1.54) is 11.1 Å². The number of nitrogens with zero attached hydrogens (tertiary/aromatic N) is 2. The molecule has 2 aromatic heterocycles. The summed E-state index contributed by atoms with van der Waals surface area (Å²) in [5.74, 6) is 1.70. The molecular weight excluding hydrogens is 416 g/mol. The van der Waals surface area contributed by atoms with Gasteiger partial charge in [-0.15, -0.1) is 0 Å². The highest BCUT2D eigenvalue weighted by molar-refractivity contribution is 6.10. The molecular formula is C31H25N2O+. The van der Waals surface area contributed by atoms with Crippen molar-refractivity contribution in [2.45, 2.75) is 20.8 Å². The summed E-state index contributed by atoms with van der Waals surface area (Å²) in [5, 5.41) is 4.12. The van der Waals surface area contributed by atoms with Crippen molar-refractivity contribution in [1.82, 2.24) is 4.57 Å². The highest BCUT2D eigenvalue weighted by Gasteiger charge is 2.31. The zero-order valence-corrected chi connectivity index (χ0v) is 19.7. The zero-order valence-electron chi connectivity index (χ0n) is 21.7. The lowest BCUT2D eigenvalue weighted by atomic mass is 9.91. The first-order valence-electron chi connectivity index (χ1n) is 12.6. The van der Waals surface area contributed by atoms with Crippen molar-refractivity contribution in [1.29, 1.82) is 0 Å². The van der Waals surface area contributed by atoms with Gasteiger partial charge in [0.05, 0.1) is 30.4 Å². The Labute approximate surface area is 201 Å². The van der Waals surface area contributed by atoms with Gasteiger partial charge in [0.15, 0.2) is 6.20 Å². The summed E-state index contributed by atoms with van der Waals surface area (Å²) in [6.45, 7) is 6.42. The third kappa shape index (κ3) is 2.44. The predicted octanol–water partition coefficient (Wildman–Crippen LogP) is 7.46.